The number of carbonyl (C=O) groups is 1. The van der Waals surface area contributed by atoms with Crippen molar-refractivity contribution < 1.29 is 18.7 Å². The maximum Gasteiger partial charge on any atom is 0.254 e. The molecule has 2 rings (SSSR count). The Bertz CT molecular complexity index is 487. The van der Waals surface area contributed by atoms with Crippen LogP contribution in [0, 0.1) is 17.6 Å². The lowest BCUT2D eigenvalue weighted by Gasteiger charge is -2.30. The second-order valence-corrected chi connectivity index (χ2v) is 5.61. The molecule has 1 saturated carbocycles. The summed E-state index contributed by atoms with van der Waals surface area (Å²) in [6.07, 6.45) is 5.91. The molecule has 0 aromatic heterocycles. The molecule has 0 heterocycles. The Hall–Kier alpha value is -1.49. The van der Waals surface area contributed by atoms with Crippen molar-refractivity contribution >= 4 is 5.91 Å². The van der Waals surface area contributed by atoms with Crippen molar-refractivity contribution in [1.29, 1.82) is 0 Å². The van der Waals surface area contributed by atoms with Crippen LogP contribution in [0.5, 0.6) is 0 Å². The fourth-order valence-electron chi connectivity index (χ4n) is 3.02. The summed E-state index contributed by atoms with van der Waals surface area (Å²) in [7, 11) is 0. The maximum atomic E-state index is 13.6. The van der Waals surface area contributed by atoms with Crippen LogP contribution < -0.4 is 5.32 Å². The van der Waals surface area contributed by atoms with E-state index in [-0.39, 0.29) is 18.2 Å². The van der Waals surface area contributed by atoms with Gasteiger partial charge in [-0.05, 0) is 37.3 Å². The van der Waals surface area contributed by atoms with Crippen LogP contribution in [0.15, 0.2) is 18.2 Å². The van der Waals surface area contributed by atoms with E-state index in [2.05, 4.69) is 5.32 Å². The van der Waals surface area contributed by atoms with Crippen molar-refractivity contribution in [3.05, 3.63) is 35.4 Å². The van der Waals surface area contributed by atoms with Crippen LogP contribution >= 0.6 is 0 Å². The number of hydrogen-bond donors (Lipinski definition) is 2. The monoisotopic (exact) mass is 297 g/mol. The van der Waals surface area contributed by atoms with Crippen molar-refractivity contribution in [2.24, 2.45) is 5.92 Å². The average Bonchev–Trinajstić information content (AvgIpc) is 2.47. The number of aliphatic hydroxyl groups excluding tert-OH is 1. The zero-order valence-electron chi connectivity index (χ0n) is 11.9. The van der Waals surface area contributed by atoms with E-state index in [1.807, 2.05) is 0 Å². The first-order valence-corrected chi connectivity index (χ1v) is 7.48. The standard InChI is InChI=1S/C16H21F2NO2/c17-12-6-7-13(14(18)10-12)16(21)19-15(8-9-20)11-4-2-1-3-5-11/h6-7,10-11,15,20H,1-5,8-9H2,(H,19,21). The fraction of sp³-hybridized carbons (Fsp3) is 0.562. The number of rotatable bonds is 5. The summed E-state index contributed by atoms with van der Waals surface area (Å²) in [5, 5.41) is 12.0. The van der Waals surface area contributed by atoms with Crippen LogP contribution in [0.4, 0.5) is 8.78 Å². The Morgan fingerprint density at radius 3 is 2.62 bits per heavy atom. The van der Waals surface area contributed by atoms with Crippen molar-refractivity contribution in [1.82, 2.24) is 5.32 Å². The molecule has 0 bridgehead atoms. The van der Waals surface area contributed by atoms with E-state index in [1.165, 1.54) is 6.42 Å². The van der Waals surface area contributed by atoms with Crippen LogP contribution in [0.1, 0.15) is 48.9 Å². The van der Waals surface area contributed by atoms with Gasteiger partial charge in [-0.15, -0.1) is 0 Å². The first kappa shape index (κ1) is 15.9. The molecule has 0 aliphatic heterocycles. The number of aliphatic hydroxyl groups is 1. The highest BCUT2D eigenvalue weighted by atomic mass is 19.1. The van der Waals surface area contributed by atoms with Crippen LogP contribution in [-0.2, 0) is 0 Å². The molecule has 1 aromatic carbocycles. The van der Waals surface area contributed by atoms with Crippen molar-refractivity contribution in [2.75, 3.05) is 6.61 Å². The third kappa shape index (κ3) is 4.24. The Kier molecular flexibility index (Phi) is 5.67. The van der Waals surface area contributed by atoms with Crippen LogP contribution in [-0.4, -0.2) is 23.7 Å². The van der Waals surface area contributed by atoms with Gasteiger partial charge in [0.1, 0.15) is 11.6 Å². The number of amides is 1. The van der Waals surface area contributed by atoms with E-state index in [1.54, 1.807) is 0 Å². The average molecular weight is 297 g/mol. The minimum Gasteiger partial charge on any atom is -0.396 e. The molecule has 1 unspecified atom stereocenters. The number of carbonyl (C=O) groups excluding carboxylic acids is 1. The Balaban J connectivity index is 2.06. The molecular formula is C16H21F2NO2. The molecule has 0 saturated heterocycles. The normalized spacial score (nSPS) is 17.5. The quantitative estimate of drug-likeness (QED) is 0.877. The number of halogens is 2. The molecule has 2 N–H and O–H groups in total. The summed E-state index contributed by atoms with van der Waals surface area (Å²) in [5.74, 6) is -1.79. The summed E-state index contributed by atoms with van der Waals surface area (Å²) in [6, 6.07) is 2.76. The molecule has 116 valence electrons. The molecule has 1 atom stereocenters. The van der Waals surface area contributed by atoms with Crippen molar-refractivity contribution in [2.45, 2.75) is 44.6 Å². The van der Waals surface area contributed by atoms with Gasteiger partial charge >= 0.3 is 0 Å². The minimum absolute atomic E-state index is 0.0205. The lowest BCUT2D eigenvalue weighted by atomic mass is 9.82. The lowest BCUT2D eigenvalue weighted by Crippen LogP contribution is -2.42. The first-order valence-electron chi connectivity index (χ1n) is 7.48. The van der Waals surface area contributed by atoms with Gasteiger partial charge in [0.05, 0.1) is 5.56 Å². The fourth-order valence-corrected chi connectivity index (χ4v) is 3.02. The van der Waals surface area contributed by atoms with Gasteiger partial charge in [0.15, 0.2) is 0 Å². The van der Waals surface area contributed by atoms with E-state index in [0.29, 0.717) is 18.4 Å². The van der Waals surface area contributed by atoms with E-state index >= 15 is 0 Å². The SMILES string of the molecule is O=C(NC(CCO)C1CCCCC1)c1ccc(F)cc1F. The molecule has 1 fully saturated rings. The molecule has 21 heavy (non-hydrogen) atoms. The van der Waals surface area contributed by atoms with Gasteiger partial charge in [-0.1, -0.05) is 19.3 Å². The van der Waals surface area contributed by atoms with Gasteiger partial charge in [0.2, 0.25) is 0 Å². The first-order chi connectivity index (χ1) is 10.1. The maximum absolute atomic E-state index is 13.6. The smallest absolute Gasteiger partial charge is 0.254 e. The molecule has 3 nitrogen and oxygen atoms in total. The molecule has 1 aliphatic carbocycles. The predicted octanol–water partition coefficient (Wildman–Crippen LogP) is 3.03. The molecule has 1 amide bonds. The van der Waals surface area contributed by atoms with Crippen molar-refractivity contribution in [3.8, 4) is 0 Å². The van der Waals surface area contributed by atoms with Crippen LogP contribution in [0.25, 0.3) is 0 Å². The summed E-state index contributed by atoms with van der Waals surface area (Å²) >= 11 is 0. The third-order valence-corrected chi connectivity index (χ3v) is 4.15. The van der Waals surface area contributed by atoms with Crippen molar-refractivity contribution in [3.63, 3.8) is 0 Å². The second-order valence-electron chi connectivity index (χ2n) is 5.61. The van der Waals surface area contributed by atoms with E-state index < -0.39 is 17.5 Å². The van der Waals surface area contributed by atoms with Gasteiger partial charge in [-0.25, -0.2) is 8.78 Å². The summed E-state index contributed by atoms with van der Waals surface area (Å²) < 4.78 is 26.5. The van der Waals surface area contributed by atoms with Crippen LogP contribution in [0.2, 0.25) is 0 Å². The minimum atomic E-state index is -0.862. The molecule has 5 heteroatoms. The number of hydrogen-bond acceptors (Lipinski definition) is 2. The largest absolute Gasteiger partial charge is 0.396 e. The van der Waals surface area contributed by atoms with Gasteiger partial charge in [-0.2, -0.15) is 0 Å². The molecule has 0 spiro atoms. The number of benzene rings is 1. The van der Waals surface area contributed by atoms with Gasteiger partial charge < -0.3 is 10.4 Å². The lowest BCUT2D eigenvalue weighted by molar-refractivity contribution is 0.0895. The molecule has 1 aliphatic rings. The topological polar surface area (TPSA) is 49.3 Å². The highest BCUT2D eigenvalue weighted by Gasteiger charge is 2.25. The summed E-state index contributed by atoms with van der Waals surface area (Å²) in [6.45, 7) is -0.0205. The second kappa shape index (κ2) is 7.50. The molecule has 0 radical (unpaired) electrons. The van der Waals surface area contributed by atoms with Gasteiger partial charge in [0.25, 0.3) is 5.91 Å². The summed E-state index contributed by atoms with van der Waals surface area (Å²) in [4.78, 5) is 12.1. The zero-order chi connectivity index (χ0) is 15.2. The Morgan fingerprint density at radius 1 is 1.29 bits per heavy atom. The number of nitrogens with one attached hydrogen (secondary N) is 1. The highest BCUT2D eigenvalue weighted by Crippen LogP contribution is 2.28. The Labute approximate surface area is 123 Å². The molecular weight excluding hydrogens is 276 g/mol. The third-order valence-electron chi connectivity index (χ3n) is 4.15. The Morgan fingerprint density at radius 2 is 2.00 bits per heavy atom. The molecule has 1 aromatic rings. The van der Waals surface area contributed by atoms with Gasteiger partial charge in [0, 0.05) is 18.7 Å². The van der Waals surface area contributed by atoms with E-state index in [0.717, 1.165) is 37.8 Å². The van der Waals surface area contributed by atoms with E-state index in [9.17, 15) is 13.6 Å². The zero-order valence-corrected chi connectivity index (χ0v) is 11.9. The van der Waals surface area contributed by atoms with Gasteiger partial charge in [-0.3, -0.25) is 4.79 Å². The summed E-state index contributed by atoms with van der Waals surface area (Å²) in [5.41, 5.74) is -0.157. The van der Waals surface area contributed by atoms with Crippen LogP contribution in [0.3, 0.4) is 0 Å². The highest BCUT2D eigenvalue weighted by molar-refractivity contribution is 5.94. The predicted molar refractivity (Wildman–Crippen MR) is 75.9 cm³/mol. The van der Waals surface area contributed by atoms with E-state index in [4.69, 9.17) is 5.11 Å².